The van der Waals surface area contributed by atoms with Crippen molar-refractivity contribution in [3.8, 4) is 34.0 Å². The van der Waals surface area contributed by atoms with Crippen LogP contribution in [0.2, 0.25) is 0 Å². The molecule has 0 fully saturated rings. The number of benzene rings is 4. The summed E-state index contributed by atoms with van der Waals surface area (Å²) in [6.07, 6.45) is 1.49. The summed E-state index contributed by atoms with van der Waals surface area (Å²) in [4.78, 5) is 44.7. The number of aromatic nitrogens is 2. The van der Waals surface area contributed by atoms with Crippen molar-refractivity contribution in [3.05, 3.63) is 167 Å². The van der Waals surface area contributed by atoms with E-state index in [-0.39, 0.29) is 17.4 Å². The Morgan fingerprint density at radius 3 is 2.19 bits per heavy atom. The summed E-state index contributed by atoms with van der Waals surface area (Å²) in [5.41, 5.74) is 6.07. The lowest BCUT2D eigenvalue weighted by molar-refractivity contribution is -0.384. The van der Waals surface area contributed by atoms with E-state index in [1.54, 1.807) is 37.5 Å². The van der Waals surface area contributed by atoms with E-state index >= 15 is 0 Å². The number of fused-ring (bicyclic) bond motifs is 1. The summed E-state index contributed by atoms with van der Waals surface area (Å²) in [6, 6.07) is 34.7. The highest BCUT2D eigenvalue weighted by Gasteiger charge is 2.34. The first-order valence-corrected chi connectivity index (χ1v) is 18.0. The molecule has 0 saturated carbocycles. The highest BCUT2D eigenvalue weighted by atomic mass is 32.1. The molecule has 266 valence electrons. The molecule has 0 radical (unpaired) electrons. The number of carbonyl (C=O) groups excluding carboxylic acids is 1. The molecule has 6 aromatic rings. The number of allylic oxidation sites excluding steroid dienone is 1. The number of hydrogen-bond acceptors (Lipinski definition) is 8. The summed E-state index contributed by atoms with van der Waals surface area (Å²) in [5, 5.41) is 11.5. The summed E-state index contributed by atoms with van der Waals surface area (Å²) in [6.45, 7) is 7.74. The van der Waals surface area contributed by atoms with Gasteiger partial charge in [-0.05, 0) is 80.8 Å². The lowest BCUT2D eigenvalue weighted by atomic mass is 9.96. The second kappa shape index (κ2) is 14.7. The highest BCUT2D eigenvalue weighted by molar-refractivity contribution is 7.07. The average Bonchev–Trinajstić information content (AvgIpc) is 3.68. The zero-order valence-corrected chi connectivity index (χ0v) is 30.4. The van der Waals surface area contributed by atoms with Crippen molar-refractivity contribution in [2.45, 2.75) is 39.8 Å². The molecule has 1 atom stereocenters. The van der Waals surface area contributed by atoms with E-state index in [4.69, 9.17) is 14.5 Å². The maximum Gasteiger partial charge on any atom is 0.338 e. The van der Waals surface area contributed by atoms with E-state index in [0.29, 0.717) is 44.2 Å². The Balaban J connectivity index is 1.48. The van der Waals surface area contributed by atoms with Crippen LogP contribution in [0.3, 0.4) is 0 Å². The van der Waals surface area contributed by atoms with Crippen molar-refractivity contribution in [1.82, 2.24) is 9.13 Å². The maximum atomic E-state index is 14.7. The van der Waals surface area contributed by atoms with Crippen LogP contribution in [-0.4, -0.2) is 32.7 Å². The minimum absolute atomic E-state index is 0.0150. The van der Waals surface area contributed by atoms with E-state index < -0.39 is 16.9 Å². The molecule has 0 saturated heterocycles. The van der Waals surface area contributed by atoms with Gasteiger partial charge in [0.25, 0.3) is 11.2 Å². The molecule has 4 aromatic carbocycles. The van der Waals surface area contributed by atoms with Crippen LogP contribution < -0.4 is 19.6 Å². The maximum absolute atomic E-state index is 14.7. The van der Waals surface area contributed by atoms with Gasteiger partial charge in [0.1, 0.15) is 5.75 Å². The van der Waals surface area contributed by atoms with Gasteiger partial charge in [-0.25, -0.2) is 9.79 Å². The monoisotopic (exact) mass is 724 g/mol. The van der Waals surface area contributed by atoms with Crippen molar-refractivity contribution < 1.29 is 19.2 Å². The standard InChI is InChI=1S/C42H36N4O6S/c1-5-51-34-22-16-30(17-23-34)39-37(41(48)52-26(2)3)27(4)43-42-45(39)40(47)36(53-42)25-31-24-35(28-12-8-6-9-13-28)44(38(31)29-14-10-7-11-15-29)32-18-20-33(21-19-32)46(49)50/h6-26,39H,5H2,1-4H3/b36-25+/t39-/m1/s1. The number of rotatable bonds is 10. The number of ether oxygens (including phenoxy) is 2. The quantitative estimate of drug-likeness (QED) is 0.0815. The van der Waals surface area contributed by atoms with Crippen molar-refractivity contribution in [2.75, 3.05) is 6.61 Å². The topological polar surface area (TPSA) is 118 Å². The Kier molecular flexibility index (Phi) is 9.75. The van der Waals surface area contributed by atoms with Gasteiger partial charge in [0.15, 0.2) is 4.80 Å². The minimum Gasteiger partial charge on any atom is -0.494 e. The van der Waals surface area contributed by atoms with Gasteiger partial charge in [-0.1, -0.05) is 84.1 Å². The molecule has 0 aliphatic carbocycles. The first-order valence-electron chi connectivity index (χ1n) is 17.2. The molecule has 3 heterocycles. The third-order valence-electron chi connectivity index (χ3n) is 8.84. The van der Waals surface area contributed by atoms with Crippen molar-refractivity contribution >= 4 is 29.1 Å². The SMILES string of the molecule is CCOc1ccc([C@@H]2C(C(=O)OC(C)C)=C(C)N=c3s/c(=C/c4cc(-c5ccccc5)n(-c5ccc([N+](=O)[O-])cc5)c4-c4ccccc4)c(=O)n32)cc1. The zero-order valence-electron chi connectivity index (χ0n) is 29.6. The van der Waals surface area contributed by atoms with Gasteiger partial charge in [-0.3, -0.25) is 19.5 Å². The van der Waals surface area contributed by atoms with Gasteiger partial charge in [-0.15, -0.1) is 0 Å². The molecule has 11 heteroatoms. The molecule has 0 bridgehead atoms. The number of hydrogen-bond donors (Lipinski definition) is 0. The van der Waals surface area contributed by atoms with Crippen molar-refractivity contribution in [1.29, 1.82) is 0 Å². The normalized spacial score (nSPS) is 14.2. The summed E-state index contributed by atoms with van der Waals surface area (Å²) >= 11 is 1.25. The van der Waals surface area contributed by atoms with Crippen molar-refractivity contribution in [2.24, 2.45) is 4.99 Å². The Morgan fingerprint density at radius 1 is 0.943 bits per heavy atom. The molecule has 0 N–H and O–H groups in total. The van der Waals surface area contributed by atoms with Crippen LogP contribution in [0, 0.1) is 10.1 Å². The molecule has 2 aromatic heterocycles. The van der Waals surface area contributed by atoms with E-state index in [1.807, 2.05) is 104 Å². The molecular formula is C42H36N4O6S. The minimum atomic E-state index is -0.784. The molecule has 10 nitrogen and oxygen atoms in total. The average molecular weight is 725 g/mol. The highest BCUT2D eigenvalue weighted by Crippen LogP contribution is 2.37. The van der Waals surface area contributed by atoms with Crippen LogP contribution >= 0.6 is 11.3 Å². The lowest BCUT2D eigenvalue weighted by Crippen LogP contribution is -2.40. The number of nitro benzene ring substituents is 1. The van der Waals surface area contributed by atoms with Crippen LogP contribution in [0.1, 0.15) is 44.9 Å². The molecule has 0 unspecified atom stereocenters. The third-order valence-corrected chi connectivity index (χ3v) is 9.83. The number of nitrogens with zero attached hydrogens (tertiary/aromatic N) is 4. The predicted octanol–water partition coefficient (Wildman–Crippen LogP) is 7.62. The molecule has 1 aliphatic rings. The van der Waals surface area contributed by atoms with Gasteiger partial charge in [0.05, 0.1) is 50.9 Å². The fraction of sp³-hybridized carbons (Fsp3) is 0.167. The molecule has 0 spiro atoms. The summed E-state index contributed by atoms with van der Waals surface area (Å²) in [7, 11) is 0. The van der Waals surface area contributed by atoms with E-state index in [9.17, 15) is 19.7 Å². The fourth-order valence-corrected chi connectivity index (χ4v) is 7.61. The van der Waals surface area contributed by atoms with Crippen LogP contribution in [0.25, 0.3) is 34.3 Å². The lowest BCUT2D eigenvalue weighted by Gasteiger charge is -2.25. The second-order valence-corrected chi connectivity index (χ2v) is 13.7. The third kappa shape index (κ3) is 6.86. The first-order chi connectivity index (χ1) is 25.6. The van der Waals surface area contributed by atoms with Gasteiger partial charge >= 0.3 is 5.97 Å². The first kappa shape index (κ1) is 35.1. The van der Waals surface area contributed by atoms with E-state index in [1.165, 1.54) is 23.5 Å². The molecule has 7 rings (SSSR count). The largest absolute Gasteiger partial charge is 0.494 e. The predicted molar refractivity (Wildman–Crippen MR) is 206 cm³/mol. The molecule has 1 aliphatic heterocycles. The van der Waals surface area contributed by atoms with Crippen molar-refractivity contribution in [3.63, 3.8) is 0 Å². The number of thiazole rings is 1. The molecular weight excluding hydrogens is 689 g/mol. The number of non-ortho nitro benzene ring substituents is 1. The summed E-state index contributed by atoms with van der Waals surface area (Å²) in [5.74, 6) is 0.143. The Bertz CT molecular complexity index is 2530. The van der Waals surface area contributed by atoms with Gasteiger partial charge in [-0.2, -0.15) is 0 Å². The Labute approximate surface area is 309 Å². The summed E-state index contributed by atoms with van der Waals surface area (Å²) < 4.78 is 15.4. The van der Waals surface area contributed by atoms with Gasteiger partial charge < -0.3 is 14.0 Å². The molecule has 53 heavy (non-hydrogen) atoms. The van der Waals surface area contributed by atoms with E-state index in [0.717, 1.165) is 28.1 Å². The number of carbonyl (C=O) groups is 1. The number of esters is 1. The van der Waals surface area contributed by atoms with Crippen LogP contribution in [-0.2, 0) is 9.53 Å². The van der Waals surface area contributed by atoms with Crippen LogP contribution in [0.15, 0.2) is 136 Å². The van der Waals surface area contributed by atoms with Crippen LogP contribution in [0.5, 0.6) is 5.75 Å². The van der Waals surface area contributed by atoms with Gasteiger partial charge in [0.2, 0.25) is 0 Å². The van der Waals surface area contributed by atoms with Gasteiger partial charge in [0, 0.05) is 23.4 Å². The second-order valence-electron chi connectivity index (χ2n) is 12.7. The number of nitro groups is 1. The Morgan fingerprint density at radius 2 is 1.58 bits per heavy atom. The van der Waals surface area contributed by atoms with E-state index in [2.05, 4.69) is 4.57 Å². The zero-order chi connectivity index (χ0) is 37.2. The molecule has 0 amide bonds. The van der Waals surface area contributed by atoms with Crippen LogP contribution in [0.4, 0.5) is 5.69 Å². The fourth-order valence-electron chi connectivity index (χ4n) is 6.57. The Hall–Kier alpha value is -6.33. The smallest absolute Gasteiger partial charge is 0.338 e.